The van der Waals surface area contributed by atoms with E-state index in [-0.39, 0.29) is 0 Å². The Morgan fingerprint density at radius 3 is 2.11 bits per heavy atom. The van der Waals surface area contributed by atoms with E-state index >= 15 is 0 Å². The standard InChI is InChI=1S/C34H19NS/c1-2-9-22-20(8-1)18-27(34-32(22)26-11-4-6-15-31(26)36-34)21-16-17-30-28(19-21)25-13-7-12-24-23-10-3-5-14-29(23)35(30)33(24)25/h1-19H. The van der Waals surface area contributed by atoms with E-state index in [4.69, 9.17) is 0 Å². The van der Waals surface area contributed by atoms with Crippen molar-refractivity contribution in [3.63, 3.8) is 0 Å². The smallest absolute Gasteiger partial charge is 0.0620 e. The number of hydrogen-bond donors (Lipinski definition) is 0. The first-order valence-corrected chi connectivity index (χ1v) is 13.2. The van der Waals surface area contributed by atoms with Gasteiger partial charge in [-0.2, -0.15) is 0 Å². The van der Waals surface area contributed by atoms with Crippen LogP contribution in [0.25, 0.3) is 80.2 Å². The van der Waals surface area contributed by atoms with Gasteiger partial charge in [-0.25, -0.2) is 0 Å². The Hall–Kier alpha value is -4.40. The van der Waals surface area contributed by atoms with Crippen molar-refractivity contribution < 1.29 is 0 Å². The molecule has 0 N–H and O–H groups in total. The van der Waals surface area contributed by atoms with E-state index in [0.717, 1.165) is 0 Å². The minimum Gasteiger partial charge on any atom is -0.308 e. The van der Waals surface area contributed by atoms with Gasteiger partial charge in [0.1, 0.15) is 0 Å². The van der Waals surface area contributed by atoms with Gasteiger partial charge in [0.05, 0.1) is 16.6 Å². The number of nitrogens with zero attached hydrogens (tertiary/aromatic N) is 1. The summed E-state index contributed by atoms with van der Waals surface area (Å²) in [6, 6.07) is 42.6. The van der Waals surface area contributed by atoms with Crippen LogP contribution in [-0.2, 0) is 0 Å². The van der Waals surface area contributed by atoms with Gasteiger partial charge in [0, 0.05) is 47.3 Å². The van der Waals surface area contributed by atoms with Crippen LogP contribution in [0, 0.1) is 0 Å². The lowest BCUT2D eigenvalue weighted by atomic mass is 9.95. The zero-order chi connectivity index (χ0) is 23.4. The van der Waals surface area contributed by atoms with Crippen LogP contribution in [0.2, 0.25) is 0 Å². The molecule has 0 aliphatic carbocycles. The van der Waals surface area contributed by atoms with Gasteiger partial charge in [0.15, 0.2) is 0 Å². The summed E-state index contributed by atoms with van der Waals surface area (Å²) in [6.45, 7) is 0. The van der Waals surface area contributed by atoms with Gasteiger partial charge in [-0.1, -0.05) is 84.9 Å². The molecule has 0 aliphatic rings. The van der Waals surface area contributed by atoms with E-state index in [9.17, 15) is 0 Å². The van der Waals surface area contributed by atoms with Gasteiger partial charge >= 0.3 is 0 Å². The second-order valence-electron chi connectivity index (χ2n) is 9.73. The molecule has 0 unspecified atom stereocenters. The zero-order valence-electron chi connectivity index (χ0n) is 19.3. The first-order valence-electron chi connectivity index (χ1n) is 12.4. The summed E-state index contributed by atoms with van der Waals surface area (Å²) in [5, 5.41) is 10.7. The number of hydrogen-bond acceptors (Lipinski definition) is 1. The molecule has 0 saturated heterocycles. The molecular weight excluding hydrogens is 454 g/mol. The lowest BCUT2D eigenvalue weighted by Gasteiger charge is -2.09. The number of aromatic nitrogens is 1. The molecule has 0 radical (unpaired) electrons. The molecule has 0 fully saturated rings. The largest absolute Gasteiger partial charge is 0.308 e. The zero-order valence-corrected chi connectivity index (χ0v) is 20.1. The summed E-state index contributed by atoms with van der Waals surface area (Å²) in [7, 11) is 0. The third kappa shape index (κ3) is 2.26. The molecule has 1 nitrogen and oxygen atoms in total. The maximum Gasteiger partial charge on any atom is 0.0620 e. The molecule has 2 heteroatoms. The monoisotopic (exact) mass is 473 g/mol. The molecule has 0 spiro atoms. The van der Waals surface area contributed by atoms with Crippen molar-refractivity contribution in [2.45, 2.75) is 0 Å². The molecule has 166 valence electrons. The fourth-order valence-electron chi connectivity index (χ4n) is 6.39. The van der Waals surface area contributed by atoms with Crippen molar-refractivity contribution in [1.82, 2.24) is 4.40 Å². The Balaban J connectivity index is 1.43. The van der Waals surface area contributed by atoms with E-state index in [1.165, 1.54) is 80.2 Å². The lowest BCUT2D eigenvalue weighted by Crippen LogP contribution is -1.84. The van der Waals surface area contributed by atoms with E-state index in [1.807, 2.05) is 11.3 Å². The highest BCUT2D eigenvalue weighted by Gasteiger charge is 2.19. The van der Waals surface area contributed by atoms with Gasteiger partial charge in [0.25, 0.3) is 0 Å². The second kappa shape index (κ2) is 6.63. The SMILES string of the molecule is c1ccc2c(c1)cc(-c1ccc3c(c1)c1cccc4c5ccccc5n3c41)c1sc3ccccc3c12. The number of thiophene rings is 1. The molecule has 0 aliphatic heterocycles. The Kier molecular flexibility index (Phi) is 3.47. The van der Waals surface area contributed by atoms with E-state index in [1.54, 1.807) is 0 Å². The molecule has 0 saturated carbocycles. The Labute approximate surface area is 210 Å². The molecule has 36 heavy (non-hydrogen) atoms. The molecule has 9 aromatic rings. The highest BCUT2D eigenvalue weighted by Crippen LogP contribution is 2.45. The van der Waals surface area contributed by atoms with Crippen molar-refractivity contribution in [2.75, 3.05) is 0 Å². The Morgan fingerprint density at radius 1 is 0.500 bits per heavy atom. The molecule has 9 rings (SSSR count). The second-order valence-corrected chi connectivity index (χ2v) is 10.8. The third-order valence-electron chi connectivity index (χ3n) is 7.90. The predicted octanol–water partition coefficient (Wildman–Crippen LogP) is 10.0. The van der Waals surface area contributed by atoms with Gasteiger partial charge in [-0.05, 0) is 46.7 Å². The molecule has 0 amide bonds. The summed E-state index contributed by atoms with van der Waals surface area (Å²) in [4.78, 5) is 0. The molecule has 3 heterocycles. The molecule has 3 aromatic heterocycles. The fourth-order valence-corrected chi connectivity index (χ4v) is 7.64. The Bertz CT molecular complexity index is 2310. The summed E-state index contributed by atoms with van der Waals surface area (Å²) < 4.78 is 5.17. The van der Waals surface area contributed by atoms with Crippen LogP contribution in [0.3, 0.4) is 0 Å². The highest BCUT2D eigenvalue weighted by atomic mass is 32.1. The highest BCUT2D eigenvalue weighted by molar-refractivity contribution is 7.26. The number of para-hydroxylation sites is 2. The van der Waals surface area contributed by atoms with Crippen molar-refractivity contribution in [3.8, 4) is 11.1 Å². The quantitative estimate of drug-likeness (QED) is 0.223. The minimum atomic E-state index is 1.28. The summed E-state index contributed by atoms with van der Waals surface area (Å²) in [5.41, 5.74) is 6.49. The van der Waals surface area contributed by atoms with E-state index in [0.29, 0.717) is 0 Å². The summed E-state index contributed by atoms with van der Waals surface area (Å²) in [5.74, 6) is 0. The van der Waals surface area contributed by atoms with Crippen molar-refractivity contribution >= 4 is 80.4 Å². The van der Waals surface area contributed by atoms with Gasteiger partial charge in [-0.3, -0.25) is 0 Å². The van der Waals surface area contributed by atoms with Gasteiger partial charge in [-0.15, -0.1) is 11.3 Å². The molecular formula is C34H19NS. The van der Waals surface area contributed by atoms with Crippen LogP contribution in [0.15, 0.2) is 115 Å². The van der Waals surface area contributed by atoms with Crippen LogP contribution in [0.1, 0.15) is 0 Å². The third-order valence-corrected chi connectivity index (χ3v) is 9.11. The van der Waals surface area contributed by atoms with E-state index in [2.05, 4.69) is 120 Å². The van der Waals surface area contributed by atoms with Gasteiger partial charge in [0.2, 0.25) is 0 Å². The van der Waals surface area contributed by atoms with Crippen molar-refractivity contribution in [2.24, 2.45) is 0 Å². The van der Waals surface area contributed by atoms with Crippen LogP contribution in [-0.4, -0.2) is 4.40 Å². The number of fused-ring (bicyclic) bond motifs is 11. The van der Waals surface area contributed by atoms with Crippen molar-refractivity contribution in [3.05, 3.63) is 115 Å². The van der Waals surface area contributed by atoms with E-state index < -0.39 is 0 Å². The number of rotatable bonds is 1. The summed E-state index contributed by atoms with van der Waals surface area (Å²) >= 11 is 1.91. The van der Waals surface area contributed by atoms with Gasteiger partial charge < -0.3 is 4.40 Å². The molecule has 0 atom stereocenters. The minimum absolute atomic E-state index is 1.28. The molecule has 0 bridgehead atoms. The van der Waals surface area contributed by atoms with Crippen LogP contribution in [0.4, 0.5) is 0 Å². The Morgan fingerprint density at radius 2 is 1.19 bits per heavy atom. The molecule has 6 aromatic carbocycles. The number of benzene rings is 6. The van der Waals surface area contributed by atoms with Crippen LogP contribution >= 0.6 is 11.3 Å². The average Bonchev–Trinajstić information content (AvgIpc) is 3.59. The average molecular weight is 474 g/mol. The first-order chi connectivity index (χ1) is 17.9. The first kappa shape index (κ1) is 18.9. The maximum absolute atomic E-state index is 2.45. The maximum atomic E-state index is 2.45. The normalized spacial score (nSPS) is 12.4. The van der Waals surface area contributed by atoms with Crippen LogP contribution in [0.5, 0.6) is 0 Å². The van der Waals surface area contributed by atoms with Crippen molar-refractivity contribution in [1.29, 1.82) is 0 Å². The summed E-state index contributed by atoms with van der Waals surface area (Å²) in [6.07, 6.45) is 0. The lowest BCUT2D eigenvalue weighted by molar-refractivity contribution is 1.37. The van der Waals surface area contributed by atoms with Crippen LogP contribution < -0.4 is 0 Å². The fraction of sp³-hybridized carbons (Fsp3) is 0. The topological polar surface area (TPSA) is 4.41 Å². The predicted molar refractivity (Wildman–Crippen MR) is 157 cm³/mol.